The first-order chi connectivity index (χ1) is 2.81. The Hall–Kier alpha value is 0.587. The molecule has 0 saturated heterocycles. The quantitative estimate of drug-likeness (QED) is 0.488. The number of rotatable bonds is 2. The van der Waals surface area contributed by atoms with Crippen molar-refractivity contribution in [2.45, 2.75) is 0 Å². The zero-order valence-corrected chi connectivity index (χ0v) is 11.4. The van der Waals surface area contributed by atoms with Crippen LogP contribution in [0.25, 0.3) is 0 Å². The summed E-state index contributed by atoms with van der Waals surface area (Å²) in [5, 5.41) is 5.40. The molecular formula is C4H9N2Zn2-. The van der Waals surface area contributed by atoms with Gasteiger partial charge in [0.25, 0.3) is 0 Å². The minimum Gasteiger partial charge on any atom is -0.472 e. The SMILES string of the molecule is [CH-]=C(NC)NC.[Zn].[Zn]. The first-order valence-corrected chi connectivity index (χ1v) is 1.79. The molecule has 0 aliphatic heterocycles. The molecule has 0 fully saturated rings. The summed E-state index contributed by atoms with van der Waals surface area (Å²) in [5.41, 5.74) is 0. The topological polar surface area (TPSA) is 24.1 Å². The first kappa shape index (κ1) is 15.8. The summed E-state index contributed by atoms with van der Waals surface area (Å²) in [6, 6.07) is 0. The van der Waals surface area contributed by atoms with E-state index in [1.807, 2.05) is 0 Å². The molecule has 0 atom stereocenters. The summed E-state index contributed by atoms with van der Waals surface area (Å²) in [5.74, 6) is 0.593. The Morgan fingerprint density at radius 2 is 1.38 bits per heavy atom. The fourth-order valence-corrected chi connectivity index (χ4v) is 0.125. The number of hydrogen-bond donors (Lipinski definition) is 2. The van der Waals surface area contributed by atoms with Gasteiger partial charge in [0.05, 0.1) is 0 Å². The monoisotopic (exact) mass is 213 g/mol. The summed E-state index contributed by atoms with van der Waals surface area (Å²) in [6.45, 7) is 5.17. The van der Waals surface area contributed by atoms with Gasteiger partial charge in [0.2, 0.25) is 0 Å². The van der Waals surface area contributed by atoms with Gasteiger partial charge in [0.1, 0.15) is 0 Å². The van der Waals surface area contributed by atoms with Crippen LogP contribution in [-0.2, 0) is 39.0 Å². The van der Waals surface area contributed by atoms with Crippen LogP contribution in [0.3, 0.4) is 0 Å². The summed E-state index contributed by atoms with van der Waals surface area (Å²) in [7, 11) is 3.51. The Morgan fingerprint density at radius 1 is 1.12 bits per heavy atom. The van der Waals surface area contributed by atoms with E-state index in [9.17, 15) is 0 Å². The van der Waals surface area contributed by atoms with E-state index < -0.39 is 0 Å². The van der Waals surface area contributed by atoms with Crippen LogP contribution in [-0.4, -0.2) is 14.1 Å². The van der Waals surface area contributed by atoms with Crippen molar-refractivity contribution in [3.05, 3.63) is 12.4 Å². The molecule has 40 valence electrons. The molecule has 0 amide bonds. The molecule has 0 radical (unpaired) electrons. The van der Waals surface area contributed by atoms with Gasteiger partial charge in [-0.1, -0.05) is 5.82 Å². The largest absolute Gasteiger partial charge is 0.472 e. The molecule has 8 heavy (non-hydrogen) atoms. The molecule has 0 saturated carbocycles. The van der Waals surface area contributed by atoms with Crippen molar-refractivity contribution in [2.24, 2.45) is 0 Å². The third-order valence-electron chi connectivity index (χ3n) is 0.539. The van der Waals surface area contributed by atoms with E-state index in [-0.39, 0.29) is 39.0 Å². The minimum absolute atomic E-state index is 0. The van der Waals surface area contributed by atoms with Gasteiger partial charge in [-0.2, -0.15) is 0 Å². The Balaban J connectivity index is -0.000000125. The second kappa shape index (κ2) is 10.5. The van der Waals surface area contributed by atoms with E-state index in [0.717, 1.165) is 0 Å². The number of nitrogens with one attached hydrogen (secondary N) is 2. The van der Waals surface area contributed by atoms with Crippen LogP contribution in [0.1, 0.15) is 0 Å². The van der Waals surface area contributed by atoms with Gasteiger partial charge >= 0.3 is 0 Å². The van der Waals surface area contributed by atoms with Crippen molar-refractivity contribution < 1.29 is 39.0 Å². The minimum atomic E-state index is 0. The zero-order valence-electron chi connectivity index (χ0n) is 5.49. The van der Waals surface area contributed by atoms with Gasteiger partial charge in [-0.15, -0.1) is 0 Å². The second-order valence-corrected chi connectivity index (χ2v) is 0.914. The molecule has 4 heteroatoms. The smallest absolute Gasteiger partial charge is 0.00186 e. The molecule has 0 heterocycles. The molecule has 0 aromatic heterocycles. The Labute approximate surface area is 76.0 Å². The third kappa shape index (κ3) is 9.77. The first-order valence-electron chi connectivity index (χ1n) is 1.79. The van der Waals surface area contributed by atoms with E-state index in [0.29, 0.717) is 5.82 Å². The fraction of sp³-hybridized carbons (Fsp3) is 0.500. The van der Waals surface area contributed by atoms with E-state index in [1.165, 1.54) is 0 Å². The molecule has 0 aliphatic rings. The molecule has 2 nitrogen and oxygen atoms in total. The normalized spacial score (nSPS) is 5.25. The van der Waals surface area contributed by atoms with Gasteiger partial charge in [0, 0.05) is 53.1 Å². The predicted octanol–water partition coefficient (Wildman–Crippen LogP) is -0.305. The molecule has 0 aromatic carbocycles. The van der Waals surface area contributed by atoms with Crippen LogP contribution < -0.4 is 10.6 Å². The van der Waals surface area contributed by atoms with Gasteiger partial charge < -0.3 is 17.2 Å². The summed E-state index contributed by atoms with van der Waals surface area (Å²) in [6.07, 6.45) is 0. The Kier molecular flexibility index (Phi) is 20.9. The maximum atomic E-state index is 5.17. The Bertz CT molecular complexity index is 50.0. The molecule has 2 N–H and O–H groups in total. The van der Waals surface area contributed by atoms with E-state index in [2.05, 4.69) is 10.6 Å². The van der Waals surface area contributed by atoms with E-state index >= 15 is 0 Å². The molecular weight excluding hydrogens is 207 g/mol. The summed E-state index contributed by atoms with van der Waals surface area (Å²) < 4.78 is 0. The summed E-state index contributed by atoms with van der Waals surface area (Å²) in [4.78, 5) is 0. The molecule has 0 aliphatic carbocycles. The standard InChI is InChI=1S/C4H9N2.2Zn/c1-4(5-2)6-3;;/h1,5-6H,2-3H3;;/q-1;;. The van der Waals surface area contributed by atoms with Crippen LogP contribution in [0.5, 0.6) is 0 Å². The van der Waals surface area contributed by atoms with Gasteiger partial charge in [-0.25, -0.2) is 0 Å². The van der Waals surface area contributed by atoms with Crippen molar-refractivity contribution in [3.63, 3.8) is 0 Å². The van der Waals surface area contributed by atoms with Crippen LogP contribution in [0.4, 0.5) is 0 Å². The molecule has 0 unspecified atom stereocenters. The molecule has 0 bridgehead atoms. The fourth-order valence-electron chi connectivity index (χ4n) is 0.125. The number of hydrogen-bond acceptors (Lipinski definition) is 2. The van der Waals surface area contributed by atoms with Crippen molar-refractivity contribution in [3.8, 4) is 0 Å². The second-order valence-electron chi connectivity index (χ2n) is 0.914. The molecule has 0 rings (SSSR count). The zero-order chi connectivity index (χ0) is 4.99. The van der Waals surface area contributed by atoms with E-state index in [4.69, 9.17) is 6.58 Å². The average Bonchev–Trinajstić information content (AvgIpc) is 1.65. The van der Waals surface area contributed by atoms with Crippen LogP contribution >= 0.6 is 0 Å². The van der Waals surface area contributed by atoms with Crippen LogP contribution in [0.2, 0.25) is 0 Å². The molecule has 0 spiro atoms. The van der Waals surface area contributed by atoms with Crippen molar-refractivity contribution in [1.82, 2.24) is 10.6 Å². The molecule has 0 aromatic rings. The average molecular weight is 216 g/mol. The van der Waals surface area contributed by atoms with Gasteiger partial charge in [0.15, 0.2) is 0 Å². The van der Waals surface area contributed by atoms with Crippen molar-refractivity contribution in [2.75, 3.05) is 14.1 Å². The van der Waals surface area contributed by atoms with Gasteiger partial charge in [-0.3, -0.25) is 0 Å². The maximum absolute atomic E-state index is 5.17. The van der Waals surface area contributed by atoms with Crippen LogP contribution in [0, 0.1) is 6.58 Å². The Morgan fingerprint density at radius 3 is 1.38 bits per heavy atom. The predicted molar refractivity (Wildman–Crippen MR) is 25.9 cm³/mol. The summed E-state index contributed by atoms with van der Waals surface area (Å²) >= 11 is 0. The van der Waals surface area contributed by atoms with E-state index in [1.54, 1.807) is 14.1 Å². The van der Waals surface area contributed by atoms with Crippen molar-refractivity contribution >= 4 is 0 Å². The van der Waals surface area contributed by atoms with Crippen molar-refractivity contribution in [1.29, 1.82) is 0 Å². The third-order valence-corrected chi connectivity index (χ3v) is 0.539. The van der Waals surface area contributed by atoms with Gasteiger partial charge in [-0.05, 0) is 0 Å². The maximum Gasteiger partial charge on any atom is 0.00186 e. The van der Waals surface area contributed by atoms with Crippen LogP contribution in [0.15, 0.2) is 5.82 Å².